The molecular formula is C13H15BrN2OS2. The quantitative estimate of drug-likeness (QED) is 0.886. The lowest BCUT2D eigenvalue weighted by molar-refractivity contribution is -0.133. The van der Waals surface area contributed by atoms with E-state index < -0.39 is 6.04 Å². The van der Waals surface area contributed by atoms with Crippen LogP contribution < -0.4 is 5.73 Å². The number of amides is 1. The number of nitrogens with zero attached hydrogens (tertiary/aromatic N) is 1. The lowest BCUT2D eigenvalue weighted by Gasteiger charge is -2.23. The summed E-state index contributed by atoms with van der Waals surface area (Å²) < 4.78 is 1.08. The average molecular weight is 359 g/mol. The molecule has 2 rings (SSSR count). The van der Waals surface area contributed by atoms with Gasteiger partial charge >= 0.3 is 0 Å². The van der Waals surface area contributed by atoms with Crippen molar-refractivity contribution in [2.45, 2.75) is 19.5 Å². The van der Waals surface area contributed by atoms with E-state index in [0.29, 0.717) is 13.1 Å². The van der Waals surface area contributed by atoms with Crippen molar-refractivity contribution in [2.75, 3.05) is 6.54 Å². The standard InChI is InChI=1S/C13H15BrN2OS2/c1-2-16(8-9-5-6-11(14)19-9)13(17)12(15)10-4-3-7-18-10/h3-7,12H,2,8,15H2,1H3. The smallest absolute Gasteiger partial charge is 0.245 e. The summed E-state index contributed by atoms with van der Waals surface area (Å²) in [6.45, 7) is 3.25. The molecule has 0 radical (unpaired) electrons. The van der Waals surface area contributed by atoms with Crippen molar-refractivity contribution in [3.8, 4) is 0 Å². The van der Waals surface area contributed by atoms with Crippen LogP contribution in [0.25, 0.3) is 0 Å². The summed E-state index contributed by atoms with van der Waals surface area (Å²) in [5, 5.41) is 1.94. The Morgan fingerprint density at radius 3 is 2.79 bits per heavy atom. The Balaban J connectivity index is 2.06. The second-order valence-corrected chi connectivity index (χ2v) is 7.58. The van der Waals surface area contributed by atoms with Gasteiger partial charge in [-0.05, 0) is 46.4 Å². The third-order valence-corrected chi connectivity index (χ3v) is 5.35. The van der Waals surface area contributed by atoms with Crippen molar-refractivity contribution in [1.82, 2.24) is 4.90 Å². The van der Waals surface area contributed by atoms with Gasteiger partial charge in [-0.2, -0.15) is 0 Å². The molecule has 0 aliphatic rings. The fourth-order valence-electron chi connectivity index (χ4n) is 1.76. The van der Waals surface area contributed by atoms with E-state index in [4.69, 9.17) is 5.73 Å². The third kappa shape index (κ3) is 3.66. The highest BCUT2D eigenvalue weighted by molar-refractivity contribution is 9.11. The first kappa shape index (κ1) is 14.7. The number of halogens is 1. The Labute approximate surface area is 129 Å². The van der Waals surface area contributed by atoms with Gasteiger partial charge in [0.1, 0.15) is 6.04 Å². The van der Waals surface area contributed by atoms with E-state index in [0.717, 1.165) is 13.5 Å². The lowest BCUT2D eigenvalue weighted by atomic mass is 10.2. The first-order valence-corrected chi connectivity index (χ1v) is 8.42. The maximum atomic E-state index is 12.4. The first-order chi connectivity index (χ1) is 9.11. The molecule has 0 saturated carbocycles. The number of carbonyl (C=O) groups excluding carboxylic acids is 1. The largest absolute Gasteiger partial charge is 0.336 e. The molecule has 0 saturated heterocycles. The molecule has 6 heteroatoms. The predicted molar refractivity (Wildman–Crippen MR) is 84.4 cm³/mol. The molecule has 1 atom stereocenters. The van der Waals surface area contributed by atoms with Gasteiger partial charge in [0, 0.05) is 16.3 Å². The molecule has 2 heterocycles. The van der Waals surface area contributed by atoms with Gasteiger partial charge < -0.3 is 10.6 Å². The molecule has 2 aromatic rings. The molecule has 3 nitrogen and oxygen atoms in total. The van der Waals surface area contributed by atoms with Gasteiger partial charge in [-0.25, -0.2) is 0 Å². The molecule has 0 aliphatic heterocycles. The maximum Gasteiger partial charge on any atom is 0.245 e. The Morgan fingerprint density at radius 2 is 2.26 bits per heavy atom. The Morgan fingerprint density at radius 1 is 1.47 bits per heavy atom. The van der Waals surface area contributed by atoms with Crippen LogP contribution in [0.2, 0.25) is 0 Å². The zero-order chi connectivity index (χ0) is 13.8. The Bertz CT molecular complexity index is 539. The van der Waals surface area contributed by atoms with Crippen LogP contribution in [0.1, 0.15) is 22.7 Å². The van der Waals surface area contributed by atoms with Crippen LogP contribution in [-0.4, -0.2) is 17.4 Å². The molecule has 0 fully saturated rings. The van der Waals surface area contributed by atoms with Crippen LogP contribution in [0.4, 0.5) is 0 Å². The Hall–Kier alpha value is -0.690. The number of likely N-dealkylation sites (N-methyl/N-ethyl adjacent to an activating group) is 1. The number of thiophene rings is 2. The van der Waals surface area contributed by atoms with E-state index in [1.165, 1.54) is 11.3 Å². The molecule has 0 bridgehead atoms. The van der Waals surface area contributed by atoms with Gasteiger partial charge in [-0.1, -0.05) is 6.07 Å². The molecule has 0 spiro atoms. The van der Waals surface area contributed by atoms with Gasteiger partial charge in [0.15, 0.2) is 0 Å². The van der Waals surface area contributed by atoms with Gasteiger partial charge in [-0.15, -0.1) is 22.7 Å². The fraction of sp³-hybridized carbons (Fsp3) is 0.308. The zero-order valence-electron chi connectivity index (χ0n) is 10.5. The van der Waals surface area contributed by atoms with Crippen LogP contribution in [0, 0.1) is 0 Å². The second kappa shape index (κ2) is 6.65. The van der Waals surface area contributed by atoms with Crippen molar-refractivity contribution >= 4 is 44.5 Å². The second-order valence-electron chi connectivity index (χ2n) is 4.05. The molecule has 102 valence electrons. The molecular weight excluding hydrogens is 344 g/mol. The topological polar surface area (TPSA) is 46.3 Å². The molecule has 0 aromatic carbocycles. The summed E-state index contributed by atoms with van der Waals surface area (Å²) in [6, 6.07) is 7.30. The van der Waals surface area contributed by atoms with Crippen LogP contribution in [0.15, 0.2) is 33.4 Å². The summed E-state index contributed by atoms with van der Waals surface area (Å²) in [6.07, 6.45) is 0. The lowest BCUT2D eigenvalue weighted by Crippen LogP contribution is -2.37. The van der Waals surface area contributed by atoms with E-state index in [-0.39, 0.29) is 5.91 Å². The highest BCUT2D eigenvalue weighted by Crippen LogP contribution is 2.25. The van der Waals surface area contributed by atoms with Crippen molar-refractivity contribution in [2.24, 2.45) is 5.73 Å². The van der Waals surface area contributed by atoms with Gasteiger partial charge in [0.25, 0.3) is 0 Å². The normalized spacial score (nSPS) is 12.4. The van der Waals surface area contributed by atoms with E-state index >= 15 is 0 Å². The summed E-state index contributed by atoms with van der Waals surface area (Å²) in [5.41, 5.74) is 6.03. The number of nitrogens with two attached hydrogens (primary N) is 1. The van der Waals surface area contributed by atoms with E-state index in [1.807, 2.05) is 36.6 Å². The first-order valence-electron chi connectivity index (χ1n) is 5.93. The molecule has 2 N–H and O–H groups in total. The fourth-order valence-corrected chi connectivity index (χ4v) is 3.97. The predicted octanol–water partition coefficient (Wildman–Crippen LogP) is 3.62. The molecule has 1 unspecified atom stereocenters. The van der Waals surface area contributed by atoms with Crippen LogP contribution in [-0.2, 0) is 11.3 Å². The van der Waals surface area contributed by atoms with E-state index in [1.54, 1.807) is 16.2 Å². The van der Waals surface area contributed by atoms with Gasteiger partial charge in [0.2, 0.25) is 5.91 Å². The maximum absolute atomic E-state index is 12.4. The molecule has 2 aromatic heterocycles. The van der Waals surface area contributed by atoms with E-state index in [9.17, 15) is 4.79 Å². The zero-order valence-corrected chi connectivity index (χ0v) is 13.7. The number of rotatable bonds is 5. The molecule has 19 heavy (non-hydrogen) atoms. The average Bonchev–Trinajstić information content (AvgIpc) is 3.05. The van der Waals surface area contributed by atoms with Crippen molar-refractivity contribution in [3.05, 3.63) is 43.2 Å². The number of hydrogen-bond donors (Lipinski definition) is 1. The van der Waals surface area contributed by atoms with Crippen molar-refractivity contribution in [1.29, 1.82) is 0 Å². The third-order valence-electron chi connectivity index (χ3n) is 2.78. The van der Waals surface area contributed by atoms with Crippen molar-refractivity contribution in [3.63, 3.8) is 0 Å². The van der Waals surface area contributed by atoms with Crippen LogP contribution in [0.3, 0.4) is 0 Å². The summed E-state index contributed by atoms with van der Waals surface area (Å²) >= 11 is 6.60. The Kier molecular flexibility index (Phi) is 5.15. The summed E-state index contributed by atoms with van der Waals surface area (Å²) in [4.78, 5) is 16.2. The van der Waals surface area contributed by atoms with Gasteiger partial charge in [-0.3, -0.25) is 4.79 Å². The van der Waals surface area contributed by atoms with E-state index in [2.05, 4.69) is 15.9 Å². The SMILES string of the molecule is CCN(Cc1ccc(Br)s1)C(=O)C(N)c1cccs1. The summed E-state index contributed by atoms with van der Waals surface area (Å²) in [5.74, 6) is -0.0190. The highest BCUT2D eigenvalue weighted by atomic mass is 79.9. The minimum atomic E-state index is -0.552. The minimum absolute atomic E-state index is 0.0190. The molecule has 0 aliphatic carbocycles. The monoisotopic (exact) mass is 358 g/mol. The van der Waals surface area contributed by atoms with Crippen LogP contribution in [0.5, 0.6) is 0 Å². The highest BCUT2D eigenvalue weighted by Gasteiger charge is 2.22. The minimum Gasteiger partial charge on any atom is -0.336 e. The number of hydrogen-bond acceptors (Lipinski definition) is 4. The van der Waals surface area contributed by atoms with Gasteiger partial charge in [0.05, 0.1) is 10.3 Å². The molecule has 1 amide bonds. The van der Waals surface area contributed by atoms with Crippen LogP contribution >= 0.6 is 38.6 Å². The number of carbonyl (C=O) groups is 1. The summed E-state index contributed by atoms with van der Waals surface area (Å²) in [7, 11) is 0. The van der Waals surface area contributed by atoms with Crippen molar-refractivity contribution < 1.29 is 4.79 Å².